The Kier molecular flexibility index (Phi) is 5.93. The lowest BCUT2D eigenvalue weighted by molar-refractivity contribution is 0.617. The van der Waals surface area contributed by atoms with Crippen LogP contribution in [-0.4, -0.2) is 32.9 Å². The van der Waals surface area contributed by atoms with Crippen molar-refractivity contribution in [2.75, 3.05) is 18.6 Å². The summed E-state index contributed by atoms with van der Waals surface area (Å²) >= 11 is 8.87. The van der Waals surface area contributed by atoms with Gasteiger partial charge in [0.15, 0.2) is 5.17 Å². The molecule has 1 saturated heterocycles. The van der Waals surface area contributed by atoms with Crippen LogP contribution in [0.1, 0.15) is 31.7 Å². The zero-order chi connectivity index (χ0) is 14.5. The smallest absolute Gasteiger partial charge is 0.169 e. The molecule has 0 aromatic heterocycles. The van der Waals surface area contributed by atoms with Gasteiger partial charge in [0.2, 0.25) is 0 Å². The molecule has 0 bridgehead atoms. The summed E-state index contributed by atoms with van der Waals surface area (Å²) in [6.07, 6.45) is 3.19. The monoisotopic (exact) mass is 324 g/mol. The fourth-order valence-electron chi connectivity index (χ4n) is 2.11. The number of benzene rings is 1. The van der Waals surface area contributed by atoms with E-state index < -0.39 is 0 Å². The van der Waals surface area contributed by atoms with Gasteiger partial charge in [-0.15, -0.1) is 0 Å². The van der Waals surface area contributed by atoms with Gasteiger partial charge in [-0.05, 0) is 30.2 Å². The zero-order valence-corrected chi connectivity index (χ0v) is 14.6. The number of para-hydroxylation sites is 1. The third-order valence-electron chi connectivity index (χ3n) is 3.16. The fraction of sp³-hybridized carbons (Fsp3) is 0.467. The Morgan fingerprint density at radius 2 is 2.15 bits per heavy atom. The Hall–Kier alpha value is -0.520. The van der Waals surface area contributed by atoms with E-state index in [-0.39, 0.29) is 0 Å². The summed E-state index contributed by atoms with van der Waals surface area (Å²) in [5, 5.41) is 1.05. The lowest BCUT2D eigenvalue weighted by atomic mass is 10.0. The highest BCUT2D eigenvalue weighted by Crippen LogP contribution is 2.30. The largest absolute Gasteiger partial charge is 0.306 e. The molecule has 2 nitrogen and oxygen atoms in total. The summed E-state index contributed by atoms with van der Waals surface area (Å²) in [4.78, 5) is 7.07. The molecule has 2 rings (SSSR count). The molecule has 0 unspecified atom stereocenters. The molecule has 0 N–H and O–H groups in total. The average molecular weight is 325 g/mol. The standard InChI is InChI=1S/C15H20N2S3/c1-11(2)12-7-4-5-8-13(12)16-14-17(15(18)19-3)9-6-10-20-14/h4-5,7-8,11H,6,9-10H2,1-3H3. The van der Waals surface area contributed by atoms with Crippen molar-refractivity contribution in [2.24, 2.45) is 4.99 Å². The van der Waals surface area contributed by atoms with Gasteiger partial charge < -0.3 is 4.90 Å². The van der Waals surface area contributed by atoms with E-state index in [1.807, 2.05) is 6.26 Å². The van der Waals surface area contributed by atoms with Gasteiger partial charge in [0.05, 0.1) is 5.69 Å². The van der Waals surface area contributed by atoms with Crippen LogP contribution in [0, 0.1) is 0 Å². The second-order valence-electron chi connectivity index (χ2n) is 4.93. The topological polar surface area (TPSA) is 15.6 Å². The molecule has 0 atom stereocenters. The summed E-state index contributed by atoms with van der Waals surface area (Å²) in [7, 11) is 0. The minimum absolute atomic E-state index is 0.477. The van der Waals surface area contributed by atoms with E-state index in [9.17, 15) is 0 Å². The normalized spacial score (nSPS) is 17.8. The van der Waals surface area contributed by atoms with Gasteiger partial charge in [-0.1, -0.05) is 67.8 Å². The van der Waals surface area contributed by atoms with Gasteiger partial charge in [0, 0.05) is 12.3 Å². The van der Waals surface area contributed by atoms with Crippen LogP contribution in [0.3, 0.4) is 0 Å². The third kappa shape index (κ3) is 3.77. The molecule has 0 aliphatic carbocycles. The van der Waals surface area contributed by atoms with E-state index in [1.165, 1.54) is 5.56 Å². The van der Waals surface area contributed by atoms with E-state index in [0.29, 0.717) is 5.92 Å². The summed E-state index contributed by atoms with van der Waals surface area (Å²) in [6, 6.07) is 8.39. The average Bonchev–Trinajstić information content (AvgIpc) is 2.47. The van der Waals surface area contributed by atoms with Crippen LogP contribution in [0.2, 0.25) is 0 Å². The number of aliphatic imine (C=N–C) groups is 1. The highest BCUT2D eigenvalue weighted by molar-refractivity contribution is 8.23. The lowest BCUT2D eigenvalue weighted by Crippen LogP contribution is -2.36. The second kappa shape index (κ2) is 7.48. The van der Waals surface area contributed by atoms with Gasteiger partial charge >= 0.3 is 0 Å². The Morgan fingerprint density at radius 1 is 1.40 bits per heavy atom. The maximum absolute atomic E-state index is 5.45. The number of hydrogen-bond acceptors (Lipinski definition) is 4. The molecule has 0 saturated carbocycles. The lowest BCUT2D eigenvalue weighted by Gasteiger charge is -2.29. The molecule has 1 heterocycles. The molecule has 1 aliphatic rings. The first-order valence-corrected chi connectivity index (χ1v) is 9.41. The van der Waals surface area contributed by atoms with Crippen LogP contribution in [0.15, 0.2) is 29.3 Å². The van der Waals surface area contributed by atoms with Crippen molar-refractivity contribution in [1.29, 1.82) is 0 Å². The van der Waals surface area contributed by atoms with Crippen molar-refractivity contribution >= 4 is 50.9 Å². The van der Waals surface area contributed by atoms with Crippen LogP contribution in [0.4, 0.5) is 5.69 Å². The third-order valence-corrected chi connectivity index (χ3v) is 5.51. The van der Waals surface area contributed by atoms with Gasteiger partial charge in [0.1, 0.15) is 4.32 Å². The van der Waals surface area contributed by atoms with E-state index in [0.717, 1.165) is 33.9 Å². The zero-order valence-electron chi connectivity index (χ0n) is 12.1. The molecule has 1 fully saturated rings. The Labute approximate surface area is 135 Å². The first kappa shape index (κ1) is 15.9. The van der Waals surface area contributed by atoms with Crippen LogP contribution >= 0.6 is 35.7 Å². The maximum Gasteiger partial charge on any atom is 0.169 e. The molecule has 20 heavy (non-hydrogen) atoms. The van der Waals surface area contributed by atoms with Crippen LogP contribution in [-0.2, 0) is 0 Å². The number of nitrogens with zero attached hydrogens (tertiary/aromatic N) is 2. The number of thioether (sulfide) groups is 2. The summed E-state index contributed by atoms with van der Waals surface area (Å²) in [5.41, 5.74) is 2.36. The molecule has 0 spiro atoms. The molecule has 0 radical (unpaired) electrons. The molecule has 0 amide bonds. The highest BCUT2D eigenvalue weighted by atomic mass is 32.2. The number of amidine groups is 1. The molecular weight excluding hydrogens is 304 g/mol. The quantitative estimate of drug-likeness (QED) is 0.720. The Morgan fingerprint density at radius 3 is 2.85 bits per heavy atom. The van der Waals surface area contributed by atoms with Gasteiger partial charge in [0.25, 0.3) is 0 Å². The molecule has 1 aromatic carbocycles. The predicted molar refractivity (Wildman–Crippen MR) is 97.5 cm³/mol. The van der Waals surface area contributed by atoms with Crippen LogP contribution in [0.5, 0.6) is 0 Å². The SMILES string of the molecule is CSC(=S)N1CCCSC1=Nc1ccccc1C(C)C. The highest BCUT2D eigenvalue weighted by Gasteiger charge is 2.21. The molecule has 5 heteroatoms. The van der Waals surface area contributed by atoms with Crippen molar-refractivity contribution in [3.8, 4) is 0 Å². The molecule has 1 aliphatic heterocycles. The van der Waals surface area contributed by atoms with Crippen molar-refractivity contribution in [1.82, 2.24) is 4.90 Å². The first-order chi connectivity index (χ1) is 9.63. The molecular formula is C15H20N2S3. The van der Waals surface area contributed by atoms with E-state index in [2.05, 4.69) is 43.0 Å². The van der Waals surface area contributed by atoms with E-state index >= 15 is 0 Å². The van der Waals surface area contributed by atoms with Crippen LogP contribution < -0.4 is 0 Å². The van der Waals surface area contributed by atoms with Crippen molar-refractivity contribution < 1.29 is 0 Å². The van der Waals surface area contributed by atoms with Crippen molar-refractivity contribution in [2.45, 2.75) is 26.2 Å². The van der Waals surface area contributed by atoms with E-state index in [4.69, 9.17) is 17.2 Å². The van der Waals surface area contributed by atoms with Gasteiger partial charge in [-0.2, -0.15) is 0 Å². The van der Waals surface area contributed by atoms with Crippen molar-refractivity contribution in [3.63, 3.8) is 0 Å². The summed E-state index contributed by atoms with van der Waals surface area (Å²) in [6.45, 7) is 5.39. The second-order valence-corrected chi connectivity index (χ2v) is 7.43. The predicted octanol–water partition coefficient (Wildman–Crippen LogP) is 4.88. The first-order valence-electron chi connectivity index (χ1n) is 6.79. The Bertz CT molecular complexity index is 512. The van der Waals surface area contributed by atoms with Crippen LogP contribution in [0.25, 0.3) is 0 Å². The molecule has 1 aromatic rings. The number of rotatable bonds is 2. The van der Waals surface area contributed by atoms with Gasteiger partial charge in [-0.25, -0.2) is 4.99 Å². The van der Waals surface area contributed by atoms with Gasteiger partial charge in [-0.3, -0.25) is 0 Å². The fourth-order valence-corrected chi connectivity index (χ4v) is 3.76. The number of thiocarbonyl (C=S) groups is 1. The summed E-state index contributed by atoms with van der Waals surface area (Å²) in [5.74, 6) is 1.60. The minimum atomic E-state index is 0.477. The van der Waals surface area contributed by atoms with E-state index in [1.54, 1.807) is 23.5 Å². The Balaban J connectivity index is 2.34. The molecule has 108 valence electrons. The van der Waals surface area contributed by atoms with Crippen molar-refractivity contribution in [3.05, 3.63) is 29.8 Å². The summed E-state index contributed by atoms with van der Waals surface area (Å²) < 4.78 is 0.915. The maximum atomic E-state index is 5.45. The number of hydrogen-bond donors (Lipinski definition) is 0. The minimum Gasteiger partial charge on any atom is -0.306 e.